The summed E-state index contributed by atoms with van der Waals surface area (Å²) in [5.41, 5.74) is 1.24. The Morgan fingerprint density at radius 1 is 1.15 bits per heavy atom. The van der Waals surface area contributed by atoms with Crippen LogP contribution in [0.15, 0.2) is 36.4 Å². The van der Waals surface area contributed by atoms with Crippen molar-refractivity contribution < 1.29 is 5.11 Å². The highest BCUT2D eigenvalue weighted by molar-refractivity contribution is 5.27. The van der Waals surface area contributed by atoms with Gasteiger partial charge >= 0.3 is 0 Å². The van der Waals surface area contributed by atoms with Crippen molar-refractivity contribution in [2.24, 2.45) is 0 Å². The highest BCUT2D eigenvalue weighted by Gasteiger charge is 1.89. The Bertz CT molecular complexity index is 259. The predicted molar refractivity (Wildman–Crippen MR) is 55.9 cm³/mol. The molecule has 1 rings (SSSR count). The number of hydrogen-bond donors (Lipinski definition) is 1. The van der Waals surface area contributed by atoms with Gasteiger partial charge in [0.1, 0.15) is 5.75 Å². The van der Waals surface area contributed by atoms with E-state index >= 15 is 0 Å². The van der Waals surface area contributed by atoms with Crippen LogP contribution < -0.4 is 0 Å². The third-order valence-corrected chi connectivity index (χ3v) is 1.91. The Labute approximate surface area is 79.7 Å². The largest absolute Gasteiger partial charge is 0.508 e. The van der Waals surface area contributed by atoms with Crippen molar-refractivity contribution in [3.05, 3.63) is 42.0 Å². The van der Waals surface area contributed by atoms with Gasteiger partial charge in [-0.2, -0.15) is 0 Å². The molecule has 1 aromatic carbocycles. The molecule has 1 nitrogen and oxygen atoms in total. The van der Waals surface area contributed by atoms with Crippen molar-refractivity contribution in [2.45, 2.75) is 26.2 Å². The highest BCUT2D eigenvalue weighted by atomic mass is 16.3. The monoisotopic (exact) mass is 176 g/mol. The molecule has 0 aromatic heterocycles. The lowest BCUT2D eigenvalue weighted by atomic mass is 10.1. The Kier molecular flexibility index (Phi) is 4.10. The van der Waals surface area contributed by atoms with Gasteiger partial charge in [-0.15, -0.1) is 0 Å². The molecule has 0 unspecified atom stereocenters. The Balaban J connectivity index is 2.41. The Morgan fingerprint density at radius 3 is 2.46 bits per heavy atom. The molecule has 0 atom stereocenters. The van der Waals surface area contributed by atoms with Crippen LogP contribution in [0.5, 0.6) is 5.75 Å². The van der Waals surface area contributed by atoms with Crippen molar-refractivity contribution in [3.8, 4) is 5.75 Å². The summed E-state index contributed by atoms with van der Waals surface area (Å²) in [5.74, 6) is 0.335. The third-order valence-electron chi connectivity index (χ3n) is 1.91. The number of hydrogen-bond acceptors (Lipinski definition) is 1. The molecule has 0 heterocycles. The second-order valence-corrected chi connectivity index (χ2v) is 3.13. The van der Waals surface area contributed by atoms with Crippen LogP contribution in [0.25, 0.3) is 0 Å². The molecule has 0 aliphatic carbocycles. The van der Waals surface area contributed by atoms with Crippen molar-refractivity contribution in [2.75, 3.05) is 0 Å². The Hall–Kier alpha value is -1.24. The molecular weight excluding hydrogens is 160 g/mol. The van der Waals surface area contributed by atoms with Crippen LogP contribution in [-0.2, 0) is 6.42 Å². The first-order valence-electron chi connectivity index (χ1n) is 4.76. The van der Waals surface area contributed by atoms with Crippen molar-refractivity contribution in [1.29, 1.82) is 0 Å². The van der Waals surface area contributed by atoms with E-state index in [0.29, 0.717) is 5.75 Å². The minimum Gasteiger partial charge on any atom is -0.508 e. The quantitative estimate of drug-likeness (QED) is 0.698. The molecular formula is C12H16O. The second kappa shape index (κ2) is 5.41. The molecule has 1 heteroatoms. The van der Waals surface area contributed by atoms with Crippen LogP contribution in [0, 0.1) is 0 Å². The fraction of sp³-hybridized carbons (Fsp3) is 0.333. The maximum Gasteiger partial charge on any atom is 0.115 e. The lowest BCUT2D eigenvalue weighted by Gasteiger charge is -1.96. The van der Waals surface area contributed by atoms with Crippen molar-refractivity contribution in [1.82, 2.24) is 0 Å². The number of rotatable bonds is 4. The van der Waals surface area contributed by atoms with Crippen LogP contribution in [0.1, 0.15) is 25.3 Å². The maximum atomic E-state index is 9.05. The summed E-state index contributed by atoms with van der Waals surface area (Å²) in [7, 11) is 0. The number of phenols is 1. The van der Waals surface area contributed by atoms with Gasteiger partial charge in [0.15, 0.2) is 0 Å². The first-order valence-corrected chi connectivity index (χ1v) is 4.76. The van der Waals surface area contributed by atoms with Gasteiger partial charge in [-0.3, -0.25) is 0 Å². The van der Waals surface area contributed by atoms with Crippen LogP contribution in [0.3, 0.4) is 0 Å². The zero-order chi connectivity index (χ0) is 9.52. The molecule has 0 amide bonds. The summed E-state index contributed by atoms with van der Waals surface area (Å²) < 4.78 is 0. The summed E-state index contributed by atoms with van der Waals surface area (Å²) in [5, 5.41) is 9.05. The number of aromatic hydroxyl groups is 1. The second-order valence-electron chi connectivity index (χ2n) is 3.13. The van der Waals surface area contributed by atoms with E-state index in [2.05, 4.69) is 19.1 Å². The zero-order valence-electron chi connectivity index (χ0n) is 8.03. The molecule has 13 heavy (non-hydrogen) atoms. The fourth-order valence-corrected chi connectivity index (χ4v) is 1.14. The van der Waals surface area contributed by atoms with E-state index in [-0.39, 0.29) is 0 Å². The fourth-order valence-electron chi connectivity index (χ4n) is 1.14. The molecule has 1 aromatic rings. The molecule has 0 radical (unpaired) electrons. The van der Waals surface area contributed by atoms with Gasteiger partial charge in [0, 0.05) is 0 Å². The smallest absolute Gasteiger partial charge is 0.115 e. The van der Waals surface area contributed by atoms with Gasteiger partial charge in [-0.05, 0) is 30.5 Å². The van der Waals surface area contributed by atoms with E-state index in [0.717, 1.165) is 12.8 Å². The van der Waals surface area contributed by atoms with Crippen LogP contribution >= 0.6 is 0 Å². The molecule has 1 N–H and O–H groups in total. The minimum absolute atomic E-state index is 0.335. The van der Waals surface area contributed by atoms with Crippen LogP contribution in [0.4, 0.5) is 0 Å². The van der Waals surface area contributed by atoms with E-state index in [1.54, 1.807) is 12.1 Å². The normalized spacial score (nSPS) is 10.8. The maximum absolute atomic E-state index is 9.05. The highest BCUT2D eigenvalue weighted by Crippen LogP contribution is 2.10. The van der Waals surface area contributed by atoms with Gasteiger partial charge in [0.05, 0.1) is 0 Å². The standard InChI is InChI=1S/C12H16O/c1-2-3-4-5-6-11-7-9-12(13)10-8-11/h4-5,7-10,13H,2-3,6H2,1H3/b5-4+. The summed E-state index contributed by atoms with van der Waals surface area (Å²) in [6, 6.07) is 7.35. The first-order chi connectivity index (χ1) is 6.33. The van der Waals surface area contributed by atoms with E-state index in [1.807, 2.05) is 12.1 Å². The topological polar surface area (TPSA) is 20.2 Å². The summed E-state index contributed by atoms with van der Waals surface area (Å²) in [4.78, 5) is 0. The van der Waals surface area contributed by atoms with E-state index in [1.165, 1.54) is 12.0 Å². The third kappa shape index (κ3) is 3.79. The van der Waals surface area contributed by atoms with Gasteiger partial charge in [0.2, 0.25) is 0 Å². The first kappa shape index (κ1) is 9.85. The number of phenolic OH excluding ortho intramolecular Hbond substituents is 1. The molecule has 0 saturated heterocycles. The van der Waals surface area contributed by atoms with Gasteiger partial charge in [-0.25, -0.2) is 0 Å². The molecule has 0 spiro atoms. The molecule has 0 aliphatic rings. The lowest BCUT2D eigenvalue weighted by molar-refractivity contribution is 0.475. The summed E-state index contributed by atoms with van der Waals surface area (Å²) >= 11 is 0. The van der Waals surface area contributed by atoms with Gasteiger partial charge in [-0.1, -0.05) is 37.6 Å². The van der Waals surface area contributed by atoms with Crippen molar-refractivity contribution in [3.63, 3.8) is 0 Å². The van der Waals surface area contributed by atoms with Crippen molar-refractivity contribution >= 4 is 0 Å². The Morgan fingerprint density at radius 2 is 1.85 bits per heavy atom. The summed E-state index contributed by atoms with van der Waals surface area (Å²) in [6.07, 6.45) is 7.69. The molecule has 0 saturated carbocycles. The predicted octanol–water partition coefficient (Wildman–Crippen LogP) is 3.29. The molecule has 70 valence electrons. The average Bonchev–Trinajstić information content (AvgIpc) is 2.15. The number of unbranched alkanes of at least 4 members (excludes halogenated alkanes) is 1. The van der Waals surface area contributed by atoms with Crippen LogP contribution in [0.2, 0.25) is 0 Å². The lowest BCUT2D eigenvalue weighted by Crippen LogP contribution is -1.78. The molecule has 0 fully saturated rings. The van der Waals surface area contributed by atoms with E-state index in [9.17, 15) is 0 Å². The number of benzene rings is 1. The van der Waals surface area contributed by atoms with E-state index in [4.69, 9.17) is 5.11 Å². The van der Waals surface area contributed by atoms with Gasteiger partial charge < -0.3 is 5.11 Å². The number of allylic oxidation sites excluding steroid dienone is 2. The van der Waals surface area contributed by atoms with Crippen LogP contribution in [-0.4, -0.2) is 5.11 Å². The summed E-state index contributed by atoms with van der Waals surface area (Å²) in [6.45, 7) is 2.17. The SMILES string of the molecule is CCC/C=C/Cc1ccc(O)cc1. The molecule has 0 aliphatic heterocycles. The average molecular weight is 176 g/mol. The molecule has 0 bridgehead atoms. The zero-order valence-corrected chi connectivity index (χ0v) is 8.03. The van der Waals surface area contributed by atoms with E-state index < -0.39 is 0 Å². The minimum atomic E-state index is 0.335. The van der Waals surface area contributed by atoms with Gasteiger partial charge in [0.25, 0.3) is 0 Å².